The number of hydrogen-bond acceptors (Lipinski definition) is 3. The average Bonchev–Trinajstić information content (AvgIpc) is 2.64. The van der Waals surface area contributed by atoms with Crippen LogP contribution in [0.25, 0.3) is 0 Å². The Morgan fingerprint density at radius 3 is 2.63 bits per heavy atom. The Bertz CT molecular complexity index is 373. The molecule has 0 radical (unpaired) electrons. The molecule has 0 bridgehead atoms. The van der Waals surface area contributed by atoms with Gasteiger partial charge in [0.1, 0.15) is 0 Å². The molecule has 2 atom stereocenters. The summed E-state index contributed by atoms with van der Waals surface area (Å²) in [4.78, 5) is 4.66. The van der Waals surface area contributed by atoms with Gasteiger partial charge in [0.05, 0.1) is 10.7 Å². The van der Waals surface area contributed by atoms with Gasteiger partial charge >= 0.3 is 0 Å². The minimum atomic E-state index is 0.602. The highest BCUT2D eigenvalue weighted by atomic mass is 32.1. The Labute approximate surface area is 122 Å². The van der Waals surface area contributed by atoms with E-state index in [2.05, 4.69) is 36.5 Å². The monoisotopic (exact) mass is 280 g/mol. The Kier molecular flexibility index (Phi) is 5.83. The van der Waals surface area contributed by atoms with Crippen molar-refractivity contribution < 1.29 is 0 Å². The standard InChI is InChI=1S/C16H28N2S/c1-12(2)17-10-15-8-6-4-5-7-14(15)9-16-11-19-13(3)18-16/h11-12,14-15,17H,4-10H2,1-3H3. The van der Waals surface area contributed by atoms with E-state index in [-0.39, 0.29) is 0 Å². The second-order valence-electron chi connectivity index (χ2n) is 6.28. The fraction of sp³-hybridized carbons (Fsp3) is 0.812. The molecule has 1 N–H and O–H groups in total. The summed E-state index contributed by atoms with van der Waals surface area (Å²) < 4.78 is 0. The molecule has 1 aromatic heterocycles. The maximum atomic E-state index is 4.66. The number of aromatic nitrogens is 1. The zero-order chi connectivity index (χ0) is 13.7. The van der Waals surface area contributed by atoms with Crippen molar-refractivity contribution in [3.05, 3.63) is 16.1 Å². The van der Waals surface area contributed by atoms with Crippen molar-refractivity contribution in [2.24, 2.45) is 11.8 Å². The summed E-state index contributed by atoms with van der Waals surface area (Å²) in [6.07, 6.45) is 8.22. The normalized spacial score (nSPS) is 24.6. The minimum absolute atomic E-state index is 0.602. The molecule has 1 fully saturated rings. The predicted molar refractivity (Wildman–Crippen MR) is 83.8 cm³/mol. The van der Waals surface area contributed by atoms with Gasteiger partial charge in [0.15, 0.2) is 0 Å². The SMILES string of the molecule is Cc1nc(CC2CCCCCC2CNC(C)C)cs1. The number of nitrogens with zero attached hydrogens (tertiary/aromatic N) is 1. The fourth-order valence-corrected chi connectivity index (χ4v) is 3.78. The summed E-state index contributed by atoms with van der Waals surface area (Å²) in [6.45, 7) is 7.79. The van der Waals surface area contributed by atoms with E-state index in [0.717, 1.165) is 11.8 Å². The number of rotatable bonds is 5. The van der Waals surface area contributed by atoms with Gasteiger partial charge in [0.25, 0.3) is 0 Å². The van der Waals surface area contributed by atoms with E-state index < -0.39 is 0 Å². The van der Waals surface area contributed by atoms with Crippen LogP contribution in [-0.4, -0.2) is 17.6 Å². The van der Waals surface area contributed by atoms with Crippen molar-refractivity contribution in [1.82, 2.24) is 10.3 Å². The third kappa shape index (κ3) is 4.88. The fourth-order valence-electron chi connectivity index (χ4n) is 3.16. The van der Waals surface area contributed by atoms with E-state index in [0.29, 0.717) is 6.04 Å². The Balaban J connectivity index is 1.95. The largest absolute Gasteiger partial charge is 0.314 e. The third-order valence-electron chi connectivity index (χ3n) is 4.24. The summed E-state index contributed by atoms with van der Waals surface area (Å²) >= 11 is 1.79. The van der Waals surface area contributed by atoms with Crippen molar-refractivity contribution in [3.8, 4) is 0 Å². The van der Waals surface area contributed by atoms with E-state index in [4.69, 9.17) is 0 Å². The topological polar surface area (TPSA) is 24.9 Å². The van der Waals surface area contributed by atoms with Gasteiger partial charge in [-0.1, -0.05) is 33.1 Å². The molecule has 2 rings (SSSR count). The zero-order valence-electron chi connectivity index (χ0n) is 12.6. The molecule has 108 valence electrons. The lowest BCUT2D eigenvalue weighted by Crippen LogP contribution is -2.33. The molecule has 1 saturated carbocycles. The van der Waals surface area contributed by atoms with Gasteiger partial charge in [-0.3, -0.25) is 0 Å². The van der Waals surface area contributed by atoms with Crippen LogP contribution in [0, 0.1) is 18.8 Å². The van der Waals surface area contributed by atoms with Gasteiger partial charge in [-0.05, 0) is 44.6 Å². The van der Waals surface area contributed by atoms with Crippen molar-refractivity contribution in [1.29, 1.82) is 0 Å². The van der Waals surface area contributed by atoms with Crippen LogP contribution in [-0.2, 0) is 6.42 Å². The number of aryl methyl sites for hydroxylation is 1. The zero-order valence-corrected chi connectivity index (χ0v) is 13.4. The molecule has 0 spiro atoms. The molecule has 0 amide bonds. The highest BCUT2D eigenvalue weighted by molar-refractivity contribution is 7.09. The maximum absolute atomic E-state index is 4.66. The molecule has 0 aromatic carbocycles. The van der Waals surface area contributed by atoms with Crippen molar-refractivity contribution in [3.63, 3.8) is 0 Å². The molecule has 1 heterocycles. The van der Waals surface area contributed by atoms with Crippen molar-refractivity contribution in [2.75, 3.05) is 6.54 Å². The molecule has 1 aromatic rings. The molecule has 19 heavy (non-hydrogen) atoms. The third-order valence-corrected chi connectivity index (χ3v) is 5.07. The number of nitrogens with one attached hydrogen (secondary N) is 1. The van der Waals surface area contributed by atoms with Crippen LogP contribution in [0.1, 0.15) is 56.7 Å². The van der Waals surface area contributed by atoms with Gasteiger partial charge < -0.3 is 5.32 Å². The van der Waals surface area contributed by atoms with Crippen molar-refractivity contribution in [2.45, 2.75) is 65.3 Å². The Hall–Kier alpha value is -0.410. The predicted octanol–water partition coefficient (Wildman–Crippen LogP) is 4.19. The smallest absolute Gasteiger partial charge is 0.0897 e. The first-order valence-corrected chi connectivity index (χ1v) is 8.67. The summed E-state index contributed by atoms with van der Waals surface area (Å²) in [5.74, 6) is 1.67. The first kappa shape index (κ1) is 15.0. The summed E-state index contributed by atoms with van der Waals surface area (Å²) in [6, 6.07) is 0.602. The average molecular weight is 280 g/mol. The summed E-state index contributed by atoms with van der Waals surface area (Å²) in [5, 5.41) is 7.11. The van der Waals surface area contributed by atoms with E-state index in [1.54, 1.807) is 11.3 Å². The minimum Gasteiger partial charge on any atom is -0.314 e. The van der Waals surface area contributed by atoms with Gasteiger partial charge in [-0.2, -0.15) is 0 Å². The highest BCUT2D eigenvalue weighted by Crippen LogP contribution is 2.31. The molecule has 2 nitrogen and oxygen atoms in total. The molecule has 1 aliphatic rings. The molecular formula is C16H28N2S. The lowest BCUT2D eigenvalue weighted by atomic mass is 9.84. The molecular weight excluding hydrogens is 252 g/mol. The van der Waals surface area contributed by atoms with Crippen LogP contribution in [0.15, 0.2) is 5.38 Å². The van der Waals surface area contributed by atoms with Crippen LogP contribution in [0.2, 0.25) is 0 Å². The van der Waals surface area contributed by atoms with E-state index in [1.165, 1.54) is 55.8 Å². The van der Waals surface area contributed by atoms with Crippen LogP contribution in [0.3, 0.4) is 0 Å². The molecule has 0 saturated heterocycles. The molecule has 1 aliphatic carbocycles. The second kappa shape index (κ2) is 7.39. The molecule has 2 unspecified atom stereocenters. The van der Waals surface area contributed by atoms with E-state index in [9.17, 15) is 0 Å². The first-order chi connectivity index (χ1) is 9.15. The second-order valence-corrected chi connectivity index (χ2v) is 7.35. The maximum Gasteiger partial charge on any atom is 0.0897 e. The van der Waals surface area contributed by atoms with Gasteiger partial charge in [-0.15, -0.1) is 11.3 Å². The first-order valence-electron chi connectivity index (χ1n) is 7.79. The van der Waals surface area contributed by atoms with Gasteiger partial charge in [0, 0.05) is 11.4 Å². The summed E-state index contributed by atoms with van der Waals surface area (Å²) in [5.41, 5.74) is 1.32. The van der Waals surface area contributed by atoms with Crippen LogP contribution in [0.5, 0.6) is 0 Å². The van der Waals surface area contributed by atoms with Gasteiger partial charge in [-0.25, -0.2) is 4.98 Å². The Morgan fingerprint density at radius 1 is 1.26 bits per heavy atom. The van der Waals surface area contributed by atoms with Crippen molar-refractivity contribution >= 4 is 11.3 Å². The highest BCUT2D eigenvalue weighted by Gasteiger charge is 2.24. The Morgan fingerprint density at radius 2 is 2.00 bits per heavy atom. The quantitative estimate of drug-likeness (QED) is 0.818. The number of thiazole rings is 1. The number of hydrogen-bond donors (Lipinski definition) is 1. The van der Waals surface area contributed by atoms with Crippen LogP contribution >= 0.6 is 11.3 Å². The molecule has 0 aliphatic heterocycles. The van der Waals surface area contributed by atoms with Crippen LogP contribution in [0.4, 0.5) is 0 Å². The van der Waals surface area contributed by atoms with E-state index >= 15 is 0 Å². The lowest BCUT2D eigenvalue weighted by Gasteiger charge is -2.26. The lowest BCUT2D eigenvalue weighted by molar-refractivity contribution is 0.289. The molecule has 3 heteroatoms. The van der Waals surface area contributed by atoms with E-state index in [1.807, 2.05) is 0 Å². The summed E-state index contributed by atoms with van der Waals surface area (Å²) in [7, 11) is 0. The van der Waals surface area contributed by atoms with Crippen LogP contribution < -0.4 is 5.32 Å². The van der Waals surface area contributed by atoms with Gasteiger partial charge in [0.2, 0.25) is 0 Å².